The van der Waals surface area contributed by atoms with E-state index in [2.05, 4.69) is 15.5 Å². The lowest BCUT2D eigenvalue weighted by atomic mass is 10.1. The van der Waals surface area contributed by atoms with Crippen molar-refractivity contribution in [3.8, 4) is 0 Å². The van der Waals surface area contributed by atoms with Crippen LogP contribution in [0.15, 0.2) is 9.95 Å². The maximum Gasteiger partial charge on any atom is 0.343 e. The molecule has 0 aliphatic heterocycles. The highest BCUT2D eigenvalue weighted by Crippen LogP contribution is 2.12. The molecule has 1 amide bonds. The van der Waals surface area contributed by atoms with Gasteiger partial charge in [-0.25, -0.2) is 9.89 Å². The van der Waals surface area contributed by atoms with Gasteiger partial charge < -0.3 is 10.4 Å². The van der Waals surface area contributed by atoms with Crippen molar-refractivity contribution >= 4 is 23.6 Å². The highest BCUT2D eigenvalue weighted by molar-refractivity contribution is 7.99. The summed E-state index contributed by atoms with van der Waals surface area (Å²) in [5.41, 5.74) is -0.791. The summed E-state index contributed by atoms with van der Waals surface area (Å²) in [6.07, 6.45) is 0.122. The molecule has 8 nitrogen and oxygen atoms in total. The zero-order valence-electron chi connectivity index (χ0n) is 11.6. The SMILES string of the molecule is CC(C)(C)NC(=O)CCn1c(SCC(=O)O)n[nH]c1=O. The van der Waals surface area contributed by atoms with Crippen LogP contribution < -0.4 is 11.0 Å². The van der Waals surface area contributed by atoms with Crippen LogP contribution in [0, 0.1) is 0 Å². The summed E-state index contributed by atoms with van der Waals surface area (Å²) in [7, 11) is 0. The molecule has 0 aromatic carbocycles. The number of carboxylic acids is 1. The number of carboxylic acid groups (broad SMARTS) is 1. The monoisotopic (exact) mass is 302 g/mol. The van der Waals surface area contributed by atoms with E-state index in [1.807, 2.05) is 20.8 Å². The van der Waals surface area contributed by atoms with E-state index in [4.69, 9.17) is 5.11 Å². The fourth-order valence-corrected chi connectivity index (χ4v) is 2.12. The van der Waals surface area contributed by atoms with Gasteiger partial charge in [-0.1, -0.05) is 11.8 Å². The summed E-state index contributed by atoms with van der Waals surface area (Å²) in [6.45, 7) is 5.74. The Kier molecular flexibility index (Phi) is 5.37. The van der Waals surface area contributed by atoms with E-state index in [9.17, 15) is 14.4 Å². The first-order valence-corrected chi connectivity index (χ1v) is 6.98. The van der Waals surface area contributed by atoms with Crippen molar-refractivity contribution in [1.29, 1.82) is 0 Å². The second kappa shape index (κ2) is 6.60. The lowest BCUT2D eigenvalue weighted by Gasteiger charge is -2.20. The molecule has 1 heterocycles. The first-order chi connectivity index (χ1) is 9.19. The summed E-state index contributed by atoms with van der Waals surface area (Å²) in [5, 5.41) is 17.6. The molecule has 0 saturated heterocycles. The van der Waals surface area contributed by atoms with Gasteiger partial charge in [0.05, 0.1) is 5.75 Å². The van der Waals surface area contributed by atoms with Crippen molar-refractivity contribution in [3.63, 3.8) is 0 Å². The van der Waals surface area contributed by atoms with E-state index in [0.717, 1.165) is 11.8 Å². The third kappa shape index (κ3) is 5.47. The van der Waals surface area contributed by atoms with Crippen LogP contribution in [0.1, 0.15) is 27.2 Å². The molecule has 20 heavy (non-hydrogen) atoms. The minimum atomic E-state index is -0.998. The largest absolute Gasteiger partial charge is 0.481 e. The van der Waals surface area contributed by atoms with Crippen LogP contribution in [-0.2, 0) is 16.1 Å². The van der Waals surface area contributed by atoms with E-state index in [1.54, 1.807) is 0 Å². The highest BCUT2D eigenvalue weighted by atomic mass is 32.2. The summed E-state index contributed by atoms with van der Waals surface area (Å²) < 4.78 is 1.26. The molecule has 9 heteroatoms. The number of rotatable bonds is 6. The Hall–Kier alpha value is -1.77. The smallest absolute Gasteiger partial charge is 0.343 e. The molecule has 1 aromatic heterocycles. The van der Waals surface area contributed by atoms with Crippen molar-refractivity contribution in [2.75, 3.05) is 5.75 Å². The van der Waals surface area contributed by atoms with Crippen LogP contribution in [0.25, 0.3) is 0 Å². The van der Waals surface area contributed by atoms with Gasteiger partial charge in [0, 0.05) is 18.5 Å². The van der Waals surface area contributed by atoms with Gasteiger partial charge in [0.25, 0.3) is 0 Å². The average molecular weight is 302 g/mol. The summed E-state index contributed by atoms with van der Waals surface area (Å²) in [4.78, 5) is 33.7. The molecule has 0 spiro atoms. The molecule has 0 radical (unpaired) electrons. The molecular weight excluding hydrogens is 284 g/mol. The normalized spacial score (nSPS) is 11.3. The van der Waals surface area contributed by atoms with Crippen LogP contribution in [-0.4, -0.2) is 43.0 Å². The van der Waals surface area contributed by atoms with E-state index >= 15 is 0 Å². The standard InChI is InChI=1S/C11H18N4O4S/c1-11(2,3)12-7(16)4-5-15-9(19)13-14-10(15)20-6-8(17)18/h4-6H2,1-3H3,(H,12,16)(H,13,19)(H,17,18). The van der Waals surface area contributed by atoms with Gasteiger partial charge in [-0.3, -0.25) is 14.2 Å². The summed E-state index contributed by atoms with van der Waals surface area (Å²) >= 11 is 0.930. The van der Waals surface area contributed by atoms with Crippen molar-refractivity contribution in [3.05, 3.63) is 10.5 Å². The van der Waals surface area contributed by atoms with Gasteiger partial charge in [-0.05, 0) is 20.8 Å². The lowest BCUT2D eigenvalue weighted by molar-refractivity contribution is -0.134. The maximum absolute atomic E-state index is 11.7. The number of carbonyl (C=O) groups excluding carboxylic acids is 1. The summed E-state index contributed by atoms with van der Waals surface area (Å²) in [6, 6.07) is 0. The van der Waals surface area contributed by atoms with E-state index in [-0.39, 0.29) is 35.3 Å². The zero-order valence-corrected chi connectivity index (χ0v) is 12.4. The zero-order chi connectivity index (χ0) is 15.3. The van der Waals surface area contributed by atoms with Gasteiger partial charge in [-0.15, -0.1) is 5.10 Å². The first-order valence-electron chi connectivity index (χ1n) is 6.00. The third-order valence-corrected chi connectivity index (χ3v) is 3.09. The molecule has 0 fully saturated rings. The van der Waals surface area contributed by atoms with Crippen LogP contribution >= 0.6 is 11.8 Å². The Morgan fingerprint density at radius 3 is 2.65 bits per heavy atom. The molecular formula is C11H18N4O4S. The number of thioether (sulfide) groups is 1. The van der Waals surface area contributed by atoms with Gasteiger partial charge in [0.1, 0.15) is 0 Å². The number of nitrogens with one attached hydrogen (secondary N) is 2. The Morgan fingerprint density at radius 2 is 2.10 bits per heavy atom. The Morgan fingerprint density at radius 1 is 1.45 bits per heavy atom. The second-order valence-corrected chi connectivity index (χ2v) is 6.14. The molecule has 1 rings (SSSR count). The maximum atomic E-state index is 11.7. The summed E-state index contributed by atoms with van der Waals surface area (Å²) in [5.74, 6) is -1.37. The Labute approximate surface area is 119 Å². The topological polar surface area (TPSA) is 117 Å². The van der Waals surface area contributed by atoms with Gasteiger partial charge in [0.15, 0.2) is 5.16 Å². The Balaban J connectivity index is 2.63. The van der Waals surface area contributed by atoms with Crippen molar-refractivity contribution in [1.82, 2.24) is 20.1 Å². The molecule has 112 valence electrons. The van der Waals surface area contributed by atoms with Crippen LogP contribution in [0.5, 0.6) is 0 Å². The number of H-pyrrole nitrogens is 1. The number of nitrogens with zero attached hydrogens (tertiary/aromatic N) is 2. The number of carbonyl (C=O) groups is 2. The number of aliphatic carboxylic acids is 1. The van der Waals surface area contributed by atoms with E-state index < -0.39 is 11.7 Å². The predicted octanol–water partition coefficient (Wildman–Crippen LogP) is 0.0529. The van der Waals surface area contributed by atoms with Gasteiger partial charge in [-0.2, -0.15) is 0 Å². The second-order valence-electron chi connectivity index (χ2n) is 5.19. The molecule has 0 atom stereocenters. The predicted molar refractivity (Wildman–Crippen MR) is 73.7 cm³/mol. The fraction of sp³-hybridized carbons (Fsp3) is 0.636. The van der Waals surface area contributed by atoms with Gasteiger partial charge >= 0.3 is 11.7 Å². The molecule has 3 N–H and O–H groups in total. The van der Waals surface area contributed by atoms with Gasteiger partial charge in [0.2, 0.25) is 5.91 Å². The quantitative estimate of drug-likeness (QED) is 0.639. The number of hydrogen-bond donors (Lipinski definition) is 3. The minimum Gasteiger partial charge on any atom is -0.481 e. The molecule has 0 aliphatic carbocycles. The number of amides is 1. The third-order valence-electron chi connectivity index (χ3n) is 2.12. The van der Waals surface area contributed by atoms with Crippen molar-refractivity contribution < 1.29 is 14.7 Å². The van der Waals surface area contributed by atoms with Crippen LogP contribution in [0.2, 0.25) is 0 Å². The minimum absolute atomic E-state index is 0.122. The molecule has 1 aromatic rings. The van der Waals surface area contributed by atoms with Crippen LogP contribution in [0.3, 0.4) is 0 Å². The average Bonchev–Trinajstić information content (AvgIpc) is 2.62. The van der Waals surface area contributed by atoms with E-state index in [1.165, 1.54) is 4.57 Å². The van der Waals surface area contributed by atoms with Crippen LogP contribution in [0.4, 0.5) is 0 Å². The van der Waals surface area contributed by atoms with Crippen molar-refractivity contribution in [2.24, 2.45) is 0 Å². The first kappa shape index (κ1) is 16.3. The molecule has 0 unspecified atom stereocenters. The van der Waals surface area contributed by atoms with E-state index in [0.29, 0.717) is 0 Å². The lowest BCUT2D eigenvalue weighted by Crippen LogP contribution is -2.41. The molecule has 0 bridgehead atoms. The fourth-order valence-electron chi connectivity index (χ4n) is 1.43. The number of hydrogen-bond acceptors (Lipinski definition) is 5. The number of aromatic nitrogens is 3. The number of aromatic amines is 1. The molecule has 0 saturated carbocycles. The Bertz CT molecular complexity index is 543. The molecule has 0 aliphatic rings. The highest BCUT2D eigenvalue weighted by Gasteiger charge is 2.16. The van der Waals surface area contributed by atoms with Crippen molar-refractivity contribution in [2.45, 2.75) is 44.4 Å².